The predicted octanol–water partition coefficient (Wildman–Crippen LogP) is 3.37. The van der Waals surface area contributed by atoms with Crippen molar-refractivity contribution >= 4 is 23.9 Å². The van der Waals surface area contributed by atoms with Crippen LogP contribution >= 0.6 is 11.8 Å². The first-order valence-corrected chi connectivity index (χ1v) is 9.09. The van der Waals surface area contributed by atoms with Crippen LogP contribution in [0, 0.1) is 11.7 Å². The van der Waals surface area contributed by atoms with Crippen molar-refractivity contribution in [2.24, 2.45) is 4.99 Å². The van der Waals surface area contributed by atoms with Gasteiger partial charge in [-0.05, 0) is 30.6 Å². The number of thioether (sulfide) groups is 1. The van der Waals surface area contributed by atoms with Gasteiger partial charge in [-0.3, -0.25) is 9.79 Å². The minimum atomic E-state index is -0.219. The molecule has 1 aromatic heterocycles. The maximum Gasteiger partial charge on any atom is 0.306 e. The molecule has 0 unspecified atom stereocenters. The number of allylic oxidation sites excluding steroid dienone is 2. The summed E-state index contributed by atoms with van der Waals surface area (Å²) in [5.74, 6) is 0.711. The molecule has 0 aliphatic carbocycles. The van der Waals surface area contributed by atoms with Gasteiger partial charge in [-0.1, -0.05) is 36.1 Å². The topological polar surface area (TPSA) is 69.4 Å². The van der Waals surface area contributed by atoms with E-state index in [9.17, 15) is 4.79 Å². The zero-order chi connectivity index (χ0) is 18.3. The fourth-order valence-electron chi connectivity index (χ4n) is 1.90. The lowest BCUT2D eigenvalue weighted by Gasteiger charge is -2.02. The number of nitrogens with zero attached hydrogens (tertiary/aromatic N) is 4. The fourth-order valence-corrected chi connectivity index (χ4v) is 2.37. The number of carbonyl (C=O) groups is 1. The van der Waals surface area contributed by atoms with Gasteiger partial charge in [-0.25, -0.2) is 4.68 Å². The first kappa shape index (κ1) is 20.7. The summed E-state index contributed by atoms with van der Waals surface area (Å²) < 4.78 is 6.87. The minimum absolute atomic E-state index is 0.131. The highest BCUT2D eigenvalue weighted by atomic mass is 32.2. The van der Waals surface area contributed by atoms with E-state index in [1.54, 1.807) is 29.4 Å². The predicted molar refractivity (Wildman–Crippen MR) is 102 cm³/mol. The van der Waals surface area contributed by atoms with Gasteiger partial charge in [0.2, 0.25) is 0 Å². The van der Waals surface area contributed by atoms with E-state index in [0.717, 1.165) is 30.6 Å². The summed E-state index contributed by atoms with van der Waals surface area (Å²) in [5.41, 5.74) is 1.52. The molecule has 0 saturated carbocycles. The van der Waals surface area contributed by atoms with Crippen LogP contribution in [0.25, 0.3) is 0 Å². The van der Waals surface area contributed by atoms with Crippen LogP contribution in [0.2, 0.25) is 0 Å². The Hall–Kier alpha value is -2.33. The Kier molecular flexibility index (Phi) is 10.8. The summed E-state index contributed by atoms with van der Waals surface area (Å²) in [5, 5.41) is 10.5. The molecular formula is C18H24N4O2S. The Morgan fingerprint density at radius 1 is 1.52 bits per heavy atom. The number of hydrogen-bond donors (Lipinski definition) is 0. The quantitative estimate of drug-likeness (QED) is 0.188. The van der Waals surface area contributed by atoms with E-state index in [1.165, 1.54) is 11.8 Å². The lowest BCUT2D eigenvalue weighted by molar-refractivity contribution is -0.145. The number of carbonyl (C=O) groups excluding carboxylic acids is 1. The molecule has 0 amide bonds. The second-order valence-corrected chi connectivity index (χ2v) is 6.09. The van der Waals surface area contributed by atoms with Crippen molar-refractivity contribution in [3.05, 3.63) is 36.3 Å². The van der Waals surface area contributed by atoms with Gasteiger partial charge in [0.25, 0.3) is 0 Å². The summed E-state index contributed by atoms with van der Waals surface area (Å²) in [7, 11) is 0. The zero-order valence-electron chi connectivity index (χ0n) is 14.6. The summed E-state index contributed by atoms with van der Waals surface area (Å²) in [6.07, 6.45) is 15.2. The van der Waals surface area contributed by atoms with Crippen LogP contribution in [-0.2, 0) is 22.7 Å². The van der Waals surface area contributed by atoms with E-state index in [-0.39, 0.29) is 12.6 Å². The average molecular weight is 360 g/mol. The normalized spacial score (nSPS) is 11.4. The average Bonchev–Trinajstić information content (AvgIpc) is 3.07. The van der Waals surface area contributed by atoms with Gasteiger partial charge in [-0.2, -0.15) is 0 Å². The van der Waals surface area contributed by atoms with Gasteiger partial charge in [0.05, 0.1) is 12.7 Å². The molecule has 134 valence electrons. The molecule has 0 aliphatic heterocycles. The number of rotatable bonds is 12. The van der Waals surface area contributed by atoms with Crippen LogP contribution in [-0.4, -0.2) is 32.9 Å². The number of ether oxygens (including phenoxy) is 1. The van der Waals surface area contributed by atoms with Crippen molar-refractivity contribution in [2.45, 2.75) is 45.8 Å². The molecular weight excluding hydrogens is 336 g/mol. The van der Waals surface area contributed by atoms with E-state index >= 15 is 0 Å². The lowest BCUT2D eigenvalue weighted by atomic mass is 10.2. The number of hydrogen-bond acceptors (Lipinski definition) is 6. The molecule has 1 aromatic rings. The molecule has 0 bridgehead atoms. The summed E-state index contributed by atoms with van der Waals surface area (Å²) in [4.78, 5) is 15.8. The first-order chi connectivity index (χ1) is 12.2. The Morgan fingerprint density at radius 3 is 3.08 bits per heavy atom. The molecule has 0 saturated heterocycles. The lowest BCUT2D eigenvalue weighted by Crippen LogP contribution is -2.04. The Labute approximate surface area is 153 Å². The highest BCUT2D eigenvalue weighted by Gasteiger charge is 2.07. The van der Waals surface area contributed by atoms with E-state index in [0.29, 0.717) is 18.7 Å². The second-order valence-electron chi connectivity index (χ2n) is 5.16. The van der Waals surface area contributed by atoms with Gasteiger partial charge >= 0.3 is 5.97 Å². The Bertz CT molecular complexity index is 644. The van der Waals surface area contributed by atoms with Crippen molar-refractivity contribution in [3.63, 3.8) is 0 Å². The van der Waals surface area contributed by atoms with E-state index in [4.69, 9.17) is 11.2 Å². The van der Waals surface area contributed by atoms with Crippen molar-refractivity contribution in [3.8, 4) is 11.7 Å². The van der Waals surface area contributed by atoms with Crippen molar-refractivity contribution in [2.75, 3.05) is 5.75 Å². The summed E-state index contributed by atoms with van der Waals surface area (Å²) in [6, 6.07) is 0. The monoisotopic (exact) mass is 360 g/mol. The molecule has 0 spiro atoms. The molecule has 0 aliphatic rings. The highest BCUT2D eigenvalue weighted by molar-refractivity contribution is 8.03. The maximum absolute atomic E-state index is 11.7. The standard InChI is InChI=1S/C18H24N4O2S/c1-4-16(12-19-5-2)13-22-14-17(20-21-22)15-24-18(23)10-8-7-9-11-25-6-3/h3-5,12,14H,1,7-11,13,15H2,2H3/b16-12+,19-5?. The maximum atomic E-state index is 11.7. The van der Waals surface area contributed by atoms with Crippen LogP contribution in [0.4, 0.5) is 0 Å². The van der Waals surface area contributed by atoms with Crippen molar-refractivity contribution in [1.29, 1.82) is 0 Å². The van der Waals surface area contributed by atoms with Gasteiger partial charge in [0, 0.05) is 24.6 Å². The summed E-state index contributed by atoms with van der Waals surface area (Å²) >= 11 is 1.46. The van der Waals surface area contributed by atoms with E-state index in [2.05, 4.69) is 27.1 Å². The fraction of sp³-hybridized carbons (Fsp3) is 0.444. The molecule has 1 heterocycles. The largest absolute Gasteiger partial charge is 0.459 e. The Morgan fingerprint density at radius 2 is 2.36 bits per heavy atom. The molecule has 0 atom stereocenters. The third-order valence-electron chi connectivity index (χ3n) is 3.17. The highest BCUT2D eigenvalue weighted by Crippen LogP contribution is 2.08. The Balaban J connectivity index is 2.29. The molecule has 7 heteroatoms. The second kappa shape index (κ2) is 13.0. The smallest absolute Gasteiger partial charge is 0.306 e. The van der Waals surface area contributed by atoms with Crippen molar-refractivity contribution in [1.82, 2.24) is 15.0 Å². The van der Waals surface area contributed by atoms with Gasteiger partial charge in [-0.15, -0.1) is 11.5 Å². The first-order valence-electron chi connectivity index (χ1n) is 8.11. The number of esters is 1. The van der Waals surface area contributed by atoms with Crippen LogP contribution in [0.15, 0.2) is 35.6 Å². The minimum Gasteiger partial charge on any atom is -0.459 e. The van der Waals surface area contributed by atoms with Gasteiger partial charge < -0.3 is 4.74 Å². The van der Waals surface area contributed by atoms with E-state index in [1.807, 2.05) is 6.92 Å². The van der Waals surface area contributed by atoms with Gasteiger partial charge in [0.1, 0.15) is 12.3 Å². The van der Waals surface area contributed by atoms with Gasteiger partial charge in [0.15, 0.2) is 0 Å². The molecule has 0 aromatic carbocycles. The molecule has 0 radical (unpaired) electrons. The molecule has 25 heavy (non-hydrogen) atoms. The SMILES string of the molecule is C#CSCCCCCC(=O)OCc1cn(C/C(C=C)=C/N=CC)nn1. The summed E-state index contributed by atoms with van der Waals surface area (Å²) in [6.45, 7) is 6.23. The number of unbranched alkanes of at least 4 members (excludes halogenated alkanes) is 2. The van der Waals surface area contributed by atoms with Crippen LogP contribution in [0.3, 0.4) is 0 Å². The van der Waals surface area contributed by atoms with Crippen LogP contribution in [0.1, 0.15) is 38.3 Å². The van der Waals surface area contributed by atoms with E-state index < -0.39 is 0 Å². The number of aromatic nitrogens is 3. The number of aliphatic imine (C=N–C) groups is 1. The van der Waals surface area contributed by atoms with Crippen molar-refractivity contribution < 1.29 is 9.53 Å². The molecule has 1 rings (SSSR count). The molecule has 6 nitrogen and oxygen atoms in total. The zero-order valence-corrected chi connectivity index (χ0v) is 15.4. The van der Waals surface area contributed by atoms with Crippen LogP contribution < -0.4 is 0 Å². The molecule has 0 fully saturated rings. The van der Waals surface area contributed by atoms with Crippen LogP contribution in [0.5, 0.6) is 0 Å². The third kappa shape index (κ3) is 9.52. The molecule has 0 N–H and O–H groups in total. The number of terminal acetylenes is 1. The third-order valence-corrected chi connectivity index (χ3v) is 3.83.